The first-order valence-corrected chi connectivity index (χ1v) is 8.45. The first-order chi connectivity index (χ1) is 9.81. The lowest BCUT2D eigenvalue weighted by Gasteiger charge is -2.44. The molecule has 0 aromatic heterocycles. The molecule has 1 atom stereocenters. The second kappa shape index (κ2) is 6.92. The van der Waals surface area contributed by atoms with Crippen LogP contribution in [0.5, 0.6) is 5.75 Å². The third-order valence-electron chi connectivity index (χ3n) is 4.39. The van der Waals surface area contributed by atoms with Gasteiger partial charge in [-0.05, 0) is 37.6 Å². The number of piperidine rings is 1. The fourth-order valence-electron chi connectivity index (χ4n) is 3.27. The number of hydrogen-bond donors (Lipinski definition) is 0. The Morgan fingerprint density at radius 1 is 1.20 bits per heavy atom. The SMILES string of the molecule is Brc1cccc(OCCN2CCN3CCCCC3C2)c1. The van der Waals surface area contributed by atoms with E-state index in [1.807, 2.05) is 24.3 Å². The van der Waals surface area contributed by atoms with E-state index in [9.17, 15) is 0 Å². The zero-order valence-electron chi connectivity index (χ0n) is 11.9. The molecule has 0 saturated carbocycles. The van der Waals surface area contributed by atoms with E-state index in [1.54, 1.807) is 0 Å². The molecule has 1 aromatic carbocycles. The Kier molecular flexibility index (Phi) is 4.97. The Bertz CT molecular complexity index is 440. The Balaban J connectivity index is 1.42. The molecular weight excluding hydrogens is 316 g/mol. The lowest BCUT2D eigenvalue weighted by molar-refractivity contribution is 0.0432. The highest BCUT2D eigenvalue weighted by atomic mass is 79.9. The molecule has 2 aliphatic heterocycles. The van der Waals surface area contributed by atoms with E-state index in [1.165, 1.54) is 45.4 Å². The van der Waals surface area contributed by atoms with Crippen LogP contribution in [0.1, 0.15) is 19.3 Å². The number of nitrogens with zero attached hydrogens (tertiary/aromatic N) is 2. The number of hydrogen-bond acceptors (Lipinski definition) is 3. The molecule has 2 saturated heterocycles. The van der Waals surface area contributed by atoms with Gasteiger partial charge in [-0.15, -0.1) is 0 Å². The van der Waals surface area contributed by atoms with Crippen LogP contribution < -0.4 is 4.74 Å². The molecule has 0 aliphatic carbocycles. The zero-order valence-corrected chi connectivity index (χ0v) is 13.5. The first kappa shape index (κ1) is 14.4. The molecule has 3 rings (SSSR count). The molecule has 1 aromatic rings. The van der Waals surface area contributed by atoms with Crippen molar-refractivity contribution in [2.75, 3.05) is 39.3 Å². The van der Waals surface area contributed by atoms with Gasteiger partial charge in [0.2, 0.25) is 0 Å². The van der Waals surface area contributed by atoms with Crippen LogP contribution in [0.4, 0.5) is 0 Å². The molecule has 1 unspecified atom stereocenters. The van der Waals surface area contributed by atoms with E-state index in [4.69, 9.17) is 4.74 Å². The molecule has 4 heteroatoms. The Morgan fingerprint density at radius 3 is 3.05 bits per heavy atom. The molecule has 0 spiro atoms. The summed E-state index contributed by atoms with van der Waals surface area (Å²) in [5.74, 6) is 0.954. The van der Waals surface area contributed by atoms with Gasteiger partial charge in [0.15, 0.2) is 0 Å². The largest absolute Gasteiger partial charge is 0.492 e. The number of ether oxygens (including phenoxy) is 1. The molecule has 0 radical (unpaired) electrons. The van der Waals surface area contributed by atoms with Crippen LogP contribution in [-0.4, -0.2) is 55.2 Å². The first-order valence-electron chi connectivity index (χ1n) is 7.66. The average molecular weight is 339 g/mol. The van der Waals surface area contributed by atoms with Crippen molar-refractivity contribution in [2.24, 2.45) is 0 Å². The smallest absolute Gasteiger partial charge is 0.120 e. The van der Waals surface area contributed by atoms with Gasteiger partial charge in [-0.2, -0.15) is 0 Å². The maximum atomic E-state index is 5.84. The Hall–Kier alpha value is -0.580. The molecule has 2 heterocycles. The molecule has 20 heavy (non-hydrogen) atoms. The van der Waals surface area contributed by atoms with Gasteiger partial charge in [0.25, 0.3) is 0 Å². The van der Waals surface area contributed by atoms with Gasteiger partial charge in [-0.3, -0.25) is 9.80 Å². The second-order valence-electron chi connectivity index (χ2n) is 5.79. The van der Waals surface area contributed by atoms with E-state index in [2.05, 4.69) is 25.7 Å². The number of piperazine rings is 1. The summed E-state index contributed by atoms with van der Waals surface area (Å²) in [5.41, 5.74) is 0. The van der Waals surface area contributed by atoms with Crippen LogP contribution in [-0.2, 0) is 0 Å². The minimum Gasteiger partial charge on any atom is -0.492 e. The fourth-order valence-corrected chi connectivity index (χ4v) is 3.65. The Morgan fingerprint density at radius 2 is 2.15 bits per heavy atom. The third-order valence-corrected chi connectivity index (χ3v) is 4.89. The molecule has 0 amide bonds. The monoisotopic (exact) mass is 338 g/mol. The number of fused-ring (bicyclic) bond motifs is 1. The molecule has 2 aliphatic rings. The van der Waals surface area contributed by atoms with Crippen molar-refractivity contribution < 1.29 is 4.74 Å². The predicted octanol–water partition coefficient (Wildman–Crippen LogP) is 3.00. The predicted molar refractivity (Wildman–Crippen MR) is 85.3 cm³/mol. The van der Waals surface area contributed by atoms with E-state index in [-0.39, 0.29) is 0 Å². The number of rotatable bonds is 4. The van der Waals surface area contributed by atoms with E-state index in [0.29, 0.717) is 0 Å². The van der Waals surface area contributed by atoms with Gasteiger partial charge in [0.1, 0.15) is 12.4 Å². The molecule has 110 valence electrons. The van der Waals surface area contributed by atoms with Gasteiger partial charge in [0, 0.05) is 36.7 Å². The highest BCUT2D eigenvalue weighted by Gasteiger charge is 2.28. The molecule has 2 fully saturated rings. The average Bonchev–Trinajstić information content (AvgIpc) is 2.47. The maximum Gasteiger partial charge on any atom is 0.120 e. The van der Waals surface area contributed by atoms with Crippen LogP contribution in [0, 0.1) is 0 Å². The molecule has 0 N–H and O–H groups in total. The summed E-state index contributed by atoms with van der Waals surface area (Å²) >= 11 is 3.47. The maximum absolute atomic E-state index is 5.84. The topological polar surface area (TPSA) is 15.7 Å². The fraction of sp³-hybridized carbons (Fsp3) is 0.625. The summed E-state index contributed by atoms with van der Waals surface area (Å²) in [4.78, 5) is 5.24. The highest BCUT2D eigenvalue weighted by molar-refractivity contribution is 9.10. The second-order valence-corrected chi connectivity index (χ2v) is 6.71. The third kappa shape index (κ3) is 3.74. The normalized spacial score (nSPS) is 24.4. The molecular formula is C16H23BrN2O. The molecule has 3 nitrogen and oxygen atoms in total. The van der Waals surface area contributed by atoms with Crippen molar-refractivity contribution in [3.8, 4) is 5.75 Å². The van der Waals surface area contributed by atoms with E-state index >= 15 is 0 Å². The quantitative estimate of drug-likeness (QED) is 0.839. The summed E-state index contributed by atoms with van der Waals surface area (Å²) in [6.07, 6.45) is 4.18. The zero-order chi connectivity index (χ0) is 13.8. The summed E-state index contributed by atoms with van der Waals surface area (Å²) in [5, 5.41) is 0. The van der Waals surface area contributed by atoms with E-state index in [0.717, 1.165) is 29.4 Å². The minimum atomic E-state index is 0.781. The van der Waals surface area contributed by atoms with Crippen LogP contribution in [0.25, 0.3) is 0 Å². The summed E-state index contributed by atoms with van der Waals surface area (Å²) < 4.78 is 6.92. The van der Waals surface area contributed by atoms with E-state index < -0.39 is 0 Å². The van der Waals surface area contributed by atoms with Gasteiger partial charge in [-0.25, -0.2) is 0 Å². The molecule has 0 bridgehead atoms. The minimum absolute atomic E-state index is 0.781. The van der Waals surface area contributed by atoms with Crippen LogP contribution in [0.2, 0.25) is 0 Å². The van der Waals surface area contributed by atoms with Crippen LogP contribution in [0.3, 0.4) is 0 Å². The highest BCUT2D eigenvalue weighted by Crippen LogP contribution is 2.21. The van der Waals surface area contributed by atoms with Crippen molar-refractivity contribution in [1.82, 2.24) is 9.80 Å². The van der Waals surface area contributed by atoms with Crippen molar-refractivity contribution in [3.05, 3.63) is 28.7 Å². The summed E-state index contributed by atoms with van der Waals surface area (Å²) in [6.45, 7) is 6.79. The van der Waals surface area contributed by atoms with Gasteiger partial charge in [0.05, 0.1) is 0 Å². The number of halogens is 1. The standard InChI is InChI=1S/C16H23BrN2O/c17-14-4-3-6-16(12-14)20-11-10-18-8-9-19-7-2-1-5-15(19)13-18/h3-4,6,12,15H,1-2,5,7-11,13H2. The Labute approximate surface area is 130 Å². The van der Waals surface area contributed by atoms with Crippen molar-refractivity contribution in [3.63, 3.8) is 0 Å². The van der Waals surface area contributed by atoms with Crippen LogP contribution >= 0.6 is 15.9 Å². The van der Waals surface area contributed by atoms with Crippen molar-refractivity contribution >= 4 is 15.9 Å². The van der Waals surface area contributed by atoms with Gasteiger partial charge in [-0.1, -0.05) is 28.4 Å². The summed E-state index contributed by atoms with van der Waals surface area (Å²) in [7, 11) is 0. The van der Waals surface area contributed by atoms with Gasteiger partial charge < -0.3 is 4.74 Å². The van der Waals surface area contributed by atoms with Crippen molar-refractivity contribution in [2.45, 2.75) is 25.3 Å². The van der Waals surface area contributed by atoms with Gasteiger partial charge >= 0.3 is 0 Å². The van der Waals surface area contributed by atoms with Crippen LogP contribution in [0.15, 0.2) is 28.7 Å². The lowest BCUT2D eigenvalue weighted by atomic mass is 9.99. The summed E-state index contributed by atoms with van der Waals surface area (Å²) in [6, 6.07) is 8.88. The van der Waals surface area contributed by atoms with Crippen molar-refractivity contribution in [1.29, 1.82) is 0 Å². The number of benzene rings is 1. The lowest BCUT2D eigenvalue weighted by Crippen LogP contribution is -2.55.